The highest BCUT2D eigenvalue weighted by Crippen LogP contribution is 2.38. The molecule has 1 atom stereocenters. The summed E-state index contributed by atoms with van der Waals surface area (Å²) in [6, 6.07) is 0. The van der Waals surface area contributed by atoms with Crippen LogP contribution < -0.4 is 0 Å². The van der Waals surface area contributed by atoms with Gasteiger partial charge in [0.2, 0.25) is 15.9 Å². The number of amides is 1. The van der Waals surface area contributed by atoms with Crippen LogP contribution in [0.3, 0.4) is 0 Å². The number of ether oxygens (including phenoxy) is 1. The first-order valence-electron chi connectivity index (χ1n) is 9.45. The van der Waals surface area contributed by atoms with Crippen molar-refractivity contribution in [3.63, 3.8) is 0 Å². The quantitative estimate of drug-likeness (QED) is 0.721. The lowest BCUT2D eigenvalue weighted by atomic mass is 9.95. The summed E-state index contributed by atoms with van der Waals surface area (Å²) in [4.78, 5) is 14.4. The summed E-state index contributed by atoms with van der Waals surface area (Å²) in [6.45, 7) is -0.117. The van der Waals surface area contributed by atoms with Gasteiger partial charge in [-0.2, -0.15) is 18.2 Å². The zero-order valence-electron chi connectivity index (χ0n) is 15.7. The van der Waals surface area contributed by atoms with E-state index in [2.05, 4.69) is 5.10 Å². The second-order valence-electron chi connectivity index (χ2n) is 7.88. The van der Waals surface area contributed by atoms with Crippen LogP contribution in [0.4, 0.5) is 8.78 Å². The van der Waals surface area contributed by atoms with E-state index in [1.54, 1.807) is 0 Å². The zero-order valence-corrected chi connectivity index (χ0v) is 16.5. The fourth-order valence-electron chi connectivity index (χ4n) is 4.10. The normalized spacial score (nSPS) is 27.1. The van der Waals surface area contributed by atoms with Gasteiger partial charge in [-0.1, -0.05) is 0 Å². The minimum Gasteiger partial charge on any atom is -0.379 e. The lowest BCUT2D eigenvalue weighted by molar-refractivity contribution is -0.136. The predicted octanol–water partition coefficient (Wildman–Crippen LogP) is 1.38. The Bertz CT molecular complexity index is 863. The molecule has 156 valence electrons. The zero-order chi connectivity index (χ0) is 20.1. The Kier molecular flexibility index (Phi) is 4.95. The molecule has 1 amide bonds. The van der Waals surface area contributed by atoms with Gasteiger partial charge in [-0.05, 0) is 32.1 Å². The van der Waals surface area contributed by atoms with Crippen molar-refractivity contribution in [1.29, 1.82) is 0 Å². The van der Waals surface area contributed by atoms with Gasteiger partial charge >= 0.3 is 6.55 Å². The summed E-state index contributed by atoms with van der Waals surface area (Å²) in [5, 5.41) is 3.53. The molecule has 3 fully saturated rings. The number of halogens is 2. The summed E-state index contributed by atoms with van der Waals surface area (Å²) in [5.74, 6) is 0.395. The van der Waals surface area contributed by atoms with Gasteiger partial charge in [0.15, 0.2) is 0 Å². The Hall–Kier alpha value is -1.59. The van der Waals surface area contributed by atoms with Crippen LogP contribution in [0.2, 0.25) is 0 Å². The van der Waals surface area contributed by atoms with Crippen LogP contribution in [0.15, 0.2) is 11.1 Å². The van der Waals surface area contributed by atoms with E-state index in [4.69, 9.17) is 4.74 Å². The lowest BCUT2D eigenvalue weighted by Crippen LogP contribution is -2.57. The minimum absolute atomic E-state index is 0.0172. The third-order valence-electron chi connectivity index (χ3n) is 5.94. The fraction of sp³-hybridized carbons (Fsp3) is 0.765. The highest BCUT2D eigenvalue weighted by Gasteiger charge is 2.50. The van der Waals surface area contributed by atoms with Crippen LogP contribution in [0.25, 0.3) is 0 Å². The molecule has 1 aromatic rings. The average molecular weight is 418 g/mol. The first kappa shape index (κ1) is 19.7. The molecule has 11 heteroatoms. The van der Waals surface area contributed by atoms with Crippen molar-refractivity contribution < 1.29 is 26.7 Å². The maximum atomic E-state index is 13.2. The Morgan fingerprint density at radius 3 is 2.71 bits per heavy atom. The molecule has 8 nitrogen and oxygen atoms in total. The number of carbonyl (C=O) groups excluding carboxylic acids is 1. The molecule has 3 aliphatic rings. The standard InChI is InChI=1S/C17H24F2N4O4S/c1-12-14(8-20-23(12)16(18)19)28(25,26)21-6-4-15(24)22(9-13-2-3-13)17(10-21)5-7-27-11-17/h8,13,16H,2-7,9-11H2,1H3. The smallest absolute Gasteiger partial charge is 0.333 e. The molecule has 4 rings (SSSR count). The predicted molar refractivity (Wildman–Crippen MR) is 94.2 cm³/mol. The molecule has 1 aromatic heterocycles. The molecule has 0 bridgehead atoms. The molecule has 3 heterocycles. The maximum absolute atomic E-state index is 13.2. The number of hydrogen-bond acceptors (Lipinski definition) is 5. The molecule has 2 saturated heterocycles. The number of nitrogens with zero attached hydrogens (tertiary/aromatic N) is 4. The van der Waals surface area contributed by atoms with E-state index in [-0.39, 0.29) is 42.6 Å². The molecule has 28 heavy (non-hydrogen) atoms. The summed E-state index contributed by atoms with van der Waals surface area (Å²) in [6.07, 6.45) is 3.75. The van der Waals surface area contributed by atoms with Crippen LogP contribution in [0.5, 0.6) is 0 Å². The van der Waals surface area contributed by atoms with Gasteiger partial charge in [0.05, 0.1) is 24.0 Å². The Morgan fingerprint density at radius 2 is 2.14 bits per heavy atom. The van der Waals surface area contributed by atoms with Crippen molar-refractivity contribution in [3.05, 3.63) is 11.9 Å². The number of carbonyl (C=O) groups is 1. The van der Waals surface area contributed by atoms with Crippen molar-refractivity contribution in [2.45, 2.75) is 49.6 Å². The molecule has 0 radical (unpaired) electrons. The van der Waals surface area contributed by atoms with E-state index in [0.29, 0.717) is 30.2 Å². The first-order valence-corrected chi connectivity index (χ1v) is 10.9. The third-order valence-corrected chi connectivity index (χ3v) is 7.89. The summed E-state index contributed by atoms with van der Waals surface area (Å²) in [5.41, 5.74) is -0.812. The molecule has 0 aromatic carbocycles. The van der Waals surface area contributed by atoms with Gasteiger partial charge < -0.3 is 9.64 Å². The Labute approximate surface area is 162 Å². The molecule has 1 saturated carbocycles. The highest BCUT2D eigenvalue weighted by atomic mass is 32.2. The minimum atomic E-state index is -4.07. The summed E-state index contributed by atoms with van der Waals surface area (Å²) < 4.78 is 59.7. The molecule has 1 aliphatic carbocycles. The topological polar surface area (TPSA) is 84.7 Å². The third kappa shape index (κ3) is 3.33. The van der Waals surface area contributed by atoms with Crippen LogP contribution in [-0.4, -0.2) is 71.7 Å². The number of rotatable bonds is 5. The SMILES string of the molecule is Cc1c(S(=O)(=O)N2CCC(=O)N(CC3CC3)C3(CCOC3)C2)cnn1C(F)F. The number of hydrogen-bond donors (Lipinski definition) is 0. The lowest BCUT2D eigenvalue weighted by Gasteiger charge is -2.40. The van der Waals surface area contributed by atoms with E-state index in [0.717, 1.165) is 19.0 Å². The molecular weight excluding hydrogens is 394 g/mol. The largest absolute Gasteiger partial charge is 0.379 e. The van der Waals surface area contributed by atoms with Crippen molar-refractivity contribution >= 4 is 15.9 Å². The fourth-order valence-corrected chi connectivity index (χ4v) is 5.77. The Balaban J connectivity index is 1.67. The number of alkyl halides is 2. The number of sulfonamides is 1. The molecular formula is C17H24F2N4O4S. The van der Waals surface area contributed by atoms with E-state index in [1.165, 1.54) is 11.2 Å². The monoisotopic (exact) mass is 418 g/mol. The van der Waals surface area contributed by atoms with E-state index >= 15 is 0 Å². The molecule has 1 spiro atoms. The van der Waals surface area contributed by atoms with Crippen LogP contribution >= 0.6 is 0 Å². The molecule has 2 aliphatic heterocycles. The summed E-state index contributed by atoms with van der Waals surface area (Å²) >= 11 is 0. The molecule has 1 unspecified atom stereocenters. The maximum Gasteiger partial charge on any atom is 0.333 e. The summed E-state index contributed by atoms with van der Waals surface area (Å²) in [7, 11) is -4.07. The second-order valence-corrected chi connectivity index (χ2v) is 9.79. The van der Waals surface area contributed by atoms with E-state index in [9.17, 15) is 22.0 Å². The van der Waals surface area contributed by atoms with Gasteiger partial charge in [-0.15, -0.1) is 0 Å². The van der Waals surface area contributed by atoms with Gasteiger partial charge in [0.1, 0.15) is 4.90 Å². The average Bonchev–Trinajstić information content (AvgIpc) is 3.22. The van der Waals surface area contributed by atoms with Crippen LogP contribution in [0.1, 0.15) is 37.9 Å². The van der Waals surface area contributed by atoms with Gasteiger partial charge in [0, 0.05) is 32.7 Å². The van der Waals surface area contributed by atoms with E-state index < -0.39 is 22.1 Å². The molecule has 0 N–H and O–H groups in total. The van der Waals surface area contributed by atoms with Crippen molar-refractivity contribution in [3.8, 4) is 0 Å². The van der Waals surface area contributed by atoms with Crippen LogP contribution in [-0.2, 0) is 19.6 Å². The van der Waals surface area contributed by atoms with Crippen molar-refractivity contribution in [1.82, 2.24) is 19.0 Å². The van der Waals surface area contributed by atoms with Gasteiger partial charge in [-0.25, -0.2) is 13.1 Å². The first-order chi connectivity index (χ1) is 13.2. The van der Waals surface area contributed by atoms with Gasteiger partial charge in [0.25, 0.3) is 0 Å². The van der Waals surface area contributed by atoms with Crippen molar-refractivity contribution in [2.75, 3.05) is 32.8 Å². The number of aromatic nitrogens is 2. The van der Waals surface area contributed by atoms with E-state index in [1.807, 2.05) is 4.90 Å². The van der Waals surface area contributed by atoms with Crippen LogP contribution in [0, 0.1) is 12.8 Å². The van der Waals surface area contributed by atoms with Crippen molar-refractivity contribution in [2.24, 2.45) is 5.92 Å². The highest BCUT2D eigenvalue weighted by molar-refractivity contribution is 7.89. The second kappa shape index (κ2) is 7.03. The van der Waals surface area contributed by atoms with Gasteiger partial charge in [-0.3, -0.25) is 4.79 Å². The Morgan fingerprint density at radius 1 is 1.39 bits per heavy atom.